The maximum atomic E-state index is 14.8. The average molecular weight is 493 g/mol. The zero-order chi connectivity index (χ0) is 24.5. The molecule has 1 aromatic carbocycles. The third-order valence-corrected chi connectivity index (χ3v) is 7.86. The highest BCUT2D eigenvalue weighted by Gasteiger charge is 2.33. The quantitative estimate of drug-likeness (QED) is 0.537. The number of nitrogens with one attached hydrogen (secondary N) is 1. The number of anilines is 1. The van der Waals surface area contributed by atoms with Gasteiger partial charge in [0.2, 0.25) is 16.0 Å². The van der Waals surface area contributed by atoms with Crippen LogP contribution < -0.4 is 4.72 Å². The van der Waals surface area contributed by atoms with Crippen LogP contribution in [0.4, 0.5) is 14.7 Å². The van der Waals surface area contributed by atoms with Crippen molar-refractivity contribution in [1.82, 2.24) is 24.7 Å². The molecule has 1 aliphatic heterocycles. The SMILES string of the molecule is Cc1cnc([C@@H](C)[C@H](C)S(=O)(=O)Nc2nnc([C@@H]3CCCOC3)n2-c2c(F)cccc2F)nc1. The van der Waals surface area contributed by atoms with Crippen LogP contribution >= 0.6 is 0 Å². The van der Waals surface area contributed by atoms with Gasteiger partial charge >= 0.3 is 0 Å². The minimum Gasteiger partial charge on any atom is -0.381 e. The predicted molar refractivity (Wildman–Crippen MR) is 121 cm³/mol. The molecular weight excluding hydrogens is 466 g/mol. The van der Waals surface area contributed by atoms with E-state index in [1.165, 1.54) is 13.0 Å². The van der Waals surface area contributed by atoms with Crippen molar-refractivity contribution in [2.45, 2.75) is 50.7 Å². The van der Waals surface area contributed by atoms with Gasteiger partial charge in [-0.05, 0) is 44.4 Å². The normalized spacial score (nSPS) is 18.4. The molecular formula is C22H26F2N6O3S. The van der Waals surface area contributed by atoms with Gasteiger partial charge in [-0.2, -0.15) is 0 Å². The lowest BCUT2D eigenvalue weighted by molar-refractivity contribution is 0.0775. The molecule has 3 aromatic rings. The van der Waals surface area contributed by atoms with Crippen LogP contribution in [0.1, 0.15) is 55.7 Å². The first-order valence-corrected chi connectivity index (χ1v) is 12.5. The van der Waals surface area contributed by atoms with E-state index < -0.39 is 38.5 Å². The number of aromatic nitrogens is 5. The van der Waals surface area contributed by atoms with Crippen molar-refractivity contribution in [3.63, 3.8) is 0 Å². The average Bonchev–Trinajstić information content (AvgIpc) is 3.21. The molecule has 12 heteroatoms. The van der Waals surface area contributed by atoms with Crippen LogP contribution in [0.15, 0.2) is 30.6 Å². The highest BCUT2D eigenvalue weighted by atomic mass is 32.2. The van der Waals surface area contributed by atoms with Gasteiger partial charge in [-0.15, -0.1) is 10.2 Å². The smallest absolute Gasteiger partial charge is 0.243 e. The van der Waals surface area contributed by atoms with Crippen LogP contribution in [0, 0.1) is 18.6 Å². The largest absolute Gasteiger partial charge is 0.381 e. The molecule has 4 rings (SSSR count). The summed E-state index contributed by atoms with van der Waals surface area (Å²) in [6, 6.07) is 3.42. The number of hydrogen-bond acceptors (Lipinski definition) is 7. The van der Waals surface area contributed by atoms with Crippen LogP contribution in [-0.2, 0) is 14.8 Å². The van der Waals surface area contributed by atoms with Gasteiger partial charge in [0.25, 0.3) is 0 Å². The summed E-state index contributed by atoms with van der Waals surface area (Å²) in [6.07, 6.45) is 4.63. The summed E-state index contributed by atoms with van der Waals surface area (Å²) in [5.74, 6) is -2.30. The Balaban J connectivity index is 1.72. The molecule has 0 radical (unpaired) electrons. The van der Waals surface area contributed by atoms with Crippen LogP contribution in [0.25, 0.3) is 5.69 Å². The minimum atomic E-state index is -4.07. The molecule has 9 nitrogen and oxygen atoms in total. The van der Waals surface area contributed by atoms with Gasteiger partial charge < -0.3 is 4.74 Å². The molecule has 0 unspecified atom stereocenters. The number of ether oxygens (including phenoxy) is 1. The Bertz CT molecular complexity index is 1240. The molecule has 3 atom stereocenters. The van der Waals surface area contributed by atoms with Crippen LogP contribution in [-0.4, -0.2) is 51.6 Å². The van der Waals surface area contributed by atoms with Gasteiger partial charge in [0.1, 0.15) is 29.0 Å². The van der Waals surface area contributed by atoms with Crippen molar-refractivity contribution in [3.05, 3.63) is 59.4 Å². The van der Waals surface area contributed by atoms with Gasteiger partial charge in [-0.1, -0.05) is 13.0 Å². The summed E-state index contributed by atoms with van der Waals surface area (Å²) in [7, 11) is -4.07. The number of halogens is 2. The molecule has 3 heterocycles. The van der Waals surface area contributed by atoms with Gasteiger partial charge in [0, 0.05) is 30.8 Å². The Hall–Kier alpha value is -2.99. The topological polar surface area (TPSA) is 112 Å². The molecule has 0 amide bonds. The van der Waals surface area contributed by atoms with Crippen LogP contribution in [0.3, 0.4) is 0 Å². The van der Waals surface area contributed by atoms with Crippen molar-refractivity contribution in [1.29, 1.82) is 0 Å². The van der Waals surface area contributed by atoms with Crippen molar-refractivity contribution < 1.29 is 21.9 Å². The molecule has 0 bridgehead atoms. The second-order valence-electron chi connectivity index (χ2n) is 8.46. The third-order valence-electron chi connectivity index (χ3n) is 6.01. The summed E-state index contributed by atoms with van der Waals surface area (Å²) >= 11 is 0. The summed E-state index contributed by atoms with van der Waals surface area (Å²) in [4.78, 5) is 8.45. The summed E-state index contributed by atoms with van der Waals surface area (Å²) in [5, 5.41) is 7.09. The molecule has 1 saturated heterocycles. The summed E-state index contributed by atoms with van der Waals surface area (Å²) < 4.78 is 65.1. The second-order valence-corrected chi connectivity index (χ2v) is 10.5. The summed E-state index contributed by atoms with van der Waals surface area (Å²) in [6.45, 7) is 5.91. The number of hydrogen-bond donors (Lipinski definition) is 1. The van der Waals surface area contributed by atoms with Crippen LogP contribution in [0.2, 0.25) is 0 Å². The molecule has 0 saturated carbocycles. The monoisotopic (exact) mass is 492 g/mol. The van der Waals surface area contributed by atoms with Crippen molar-refractivity contribution in [2.24, 2.45) is 0 Å². The van der Waals surface area contributed by atoms with E-state index in [9.17, 15) is 17.2 Å². The number of benzene rings is 1. The van der Waals surface area contributed by atoms with E-state index in [1.807, 2.05) is 6.92 Å². The molecule has 1 fully saturated rings. The molecule has 182 valence electrons. The third kappa shape index (κ3) is 4.78. The number of para-hydroxylation sites is 1. The Morgan fingerprint density at radius 1 is 1.15 bits per heavy atom. The predicted octanol–water partition coefficient (Wildman–Crippen LogP) is 3.47. The van der Waals surface area contributed by atoms with Gasteiger partial charge in [-0.3, -0.25) is 9.29 Å². The molecule has 0 aliphatic carbocycles. The van der Waals surface area contributed by atoms with E-state index in [0.29, 0.717) is 25.5 Å². The Morgan fingerprint density at radius 2 is 1.82 bits per heavy atom. The number of nitrogens with zero attached hydrogens (tertiary/aromatic N) is 5. The first-order valence-electron chi connectivity index (χ1n) is 11.0. The van der Waals surface area contributed by atoms with E-state index >= 15 is 0 Å². The van der Waals surface area contributed by atoms with Crippen molar-refractivity contribution in [3.8, 4) is 5.69 Å². The van der Waals surface area contributed by atoms with E-state index in [1.54, 1.807) is 19.3 Å². The fourth-order valence-corrected chi connectivity index (χ4v) is 5.06. The van der Waals surface area contributed by atoms with Crippen molar-refractivity contribution in [2.75, 3.05) is 17.9 Å². The highest BCUT2D eigenvalue weighted by molar-refractivity contribution is 7.93. The number of aryl methyl sites for hydroxylation is 1. The molecule has 1 aliphatic rings. The van der Waals surface area contributed by atoms with Crippen LogP contribution in [0.5, 0.6) is 0 Å². The summed E-state index contributed by atoms with van der Waals surface area (Å²) in [5.41, 5.74) is 0.400. The maximum absolute atomic E-state index is 14.8. The number of rotatable bonds is 7. The molecule has 0 spiro atoms. The zero-order valence-corrected chi connectivity index (χ0v) is 19.9. The Labute approximate surface area is 196 Å². The maximum Gasteiger partial charge on any atom is 0.243 e. The van der Waals surface area contributed by atoms with Gasteiger partial charge in [0.15, 0.2) is 0 Å². The van der Waals surface area contributed by atoms with E-state index in [0.717, 1.165) is 28.7 Å². The van der Waals surface area contributed by atoms with E-state index in [-0.39, 0.29) is 17.7 Å². The lowest BCUT2D eigenvalue weighted by atomic mass is 10.0. The van der Waals surface area contributed by atoms with Crippen molar-refractivity contribution >= 4 is 16.0 Å². The standard InChI is InChI=1S/C22H26F2N6O3S/c1-13-10-25-20(26-11-13)14(2)15(3)34(31,32)29-22-28-27-21(16-6-5-9-33-12-16)30(22)19-17(23)7-4-8-18(19)24/h4,7-8,10-11,14-16H,5-6,9,12H2,1-3H3,(H,28,29)/t14-,15-,16+/m0/s1. The van der Waals surface area contributed by atoms with E-state index in [4.69, 9.17) is 4.74 Å². The second kappa shape index (κ2) is 9.71. The highest BCUT2D eigenvalue weighted by Crippen LogP contribution is 2.32. The zero-order valence-electron chi connectivity index (χ0n) is 19.1. The first kappa shape index (κ1) is 24.1. The van der Waals surface area contributed by atoms with Gasteiger partial charge in [0.05, 0.1) is 11.9 Å². The Kier molecular flexibility index (Phi) is 6.89. The molecule has 1 N–H and O–H groups in total. The van der Waals surface area contributed by atoms with Gasteiger partial charge in [-0.25, -0.2) is 27.2 Å². The number of sulfonamides is 1. The van der Waals surface area contributed by atoms with E-state index in [2.05, 4.69) is 24.9 Å². The molecule has 2 aromatic heterocycles. The lowest BCUT2D eigenvalue weighted by Gasteiger charge is -2.23. The fourth-order valence-electron chi connectivity index (χ4n) is 3.83. The fraction of sp³-hybridized carbons (Fsp3) is 0.455. The Morgan fingerprint density at radius 3 is 2.44 bits per heavy atom. The molecule has 34 heavy (non-hydrogen) atoms. The first-order chi connectivity index (χ1) is 16.2. The lowest BCUT2D eigenvalue weighted by Crippen LogP contribution is -2.32. The minimum absolute atomic E-state index is 0.226.